The standard InChI is InChI=1S/C15H17FN2S/c1-11-3-2-4-14(9-11)19-10-15(18-17)12-5-7-13(16)8-6-12/h2-9,15,18H,10,17H2,1H3. The van der Waals surface area contributed by atoms with Crippen LogP contribution in [0.1, 0.15) is 17.2 Å². The first-order valence-corrected chi connectivity index (χ1v) is 7.08. The minimum atomic E-state index is -0.231. The van der Waals surface area contributed by atoms with Crippen LogP contribution in [0, 0.1) is 12.7 Å². The third-order valence-electron chi connectivity index (χ3n) is 2.88. The van der Waals surface area contributed by atoms with E-state index >= 15 is 0 Å². The predicted octanol–water partition coefficient (Wildman–Crippen LogP) is 3.43. The average Bonchev–Trinajstić information content (AvgIpc) is 2.41. The summed E-state index contributed by atoms with van der Waals surface area (Å²) in [5.74, 6) is 6.15. The number of nitrogens with two attached hydrogens (primary N) is 1. The summed E-state index contributed by atoms with van der Waals surface area (Å²) in [5, 5.41) is 0. The summed E-state index contributed by atoms with van der Waals surface area (Å²) in [6.07, 6.45) is 0. The van der Waals surface area contributed by atoms with E-state index in [1.54, 1.807) is 23.9 Å². The van der Waals surface area contributed by atoms with Gasteiger partial charge in [0.15, 0.2) is 0 Å². The molecule has 0 aliphatic rings. The van der Waals surface area contributed by atoms with E-state index in [0.717, 1.165) is 11.3 Å². The van der Waals surface area contributed by atoms with Gasteiger partial charge in [0.25, 0.3) is 0 Å². The summed E-state index contributed by atoms with van der Waals surface area (Å²) < 4.78 is 12.9. The van der Waals surface area contributed by atoms with Crippen LogP contribution in [0.2, 0.25) is 0 Å². The molecule has 0 heterocycles. The lowest BCUT2D eigenvalue weighted by Gasteiger charge is -2.16. The van der Waals surface area contributed by atoms with Gasteiger partial charge in [0.1, 0.15) is 5.82 Å². The largest absolute Gasteiger partial charge is 0.271 e. The van der Waals surface area contributed by atoms with Crippen LogP contribution in [0.15, 0.2) is 53.4 Å². The van der Waals surface area contributed by atoms with Gasteiger partial charge in [-0.3, -0.25) is 11.3 Å². The van der Waals surface area contributed by atoms with Gasteiger partial charge in [-0.15, -0.1) is 11.8 Å². The molecule has 0 saturated heterocycles. The Hall–Kier alpha value is -1.36. The summed E-state index contributed by atoms with van der Waals surface area (Å²) in [6, 6.07) is 14.8. The van der Waals surface area contributed by atoms with Crippen molar-refractivity contribution in [3.05, 3.63) is 65.5 Å². The summed E-state index contributed by atoms with van der Waals surface area (Å²) in [4.78, 5) is 1.21. The van der Waals surface area contributed by atoms with Crippen LogP contribution in [0.5, 0.6) is 0 Å². The molecule has 0 aliphatic heterocycles. The number of thioether (sulfide) groups is 1. The lowest BCUT2D eigenvalue weighted by molar-refractivity contribution is 0.601. The molecule has 100 valence electrons. The highest BCUT2D eigenvalue weighted by Crippen LogP contribution is 2.25. The maximum Gasteiger partial charge on any atom is 0.123 e. The fraction of sp³-hybridized carbons (Fsp3) is 0.200. The van der Waals surface area contributed by atoms with Crippen molar-refractivity contribution in [1.29, 1.82) is 0 Å². The fourth-order valence-corrected chi connectivity index (χ4v) is 2.91. The minimum absolute atomic E-state index is 0.00566. The van der Waals surface area contributed by atoms with E-state index in [1.807, 2.05) is 6.07 Å². The summed E-state index contributed by atoms with van der Waals surface area (Å²) in [7, 11) is 0. The molecule has 0 radical (unpaired) electrons. The first-order chi connectivity index (χ1) is 9.19. The van der Waals surface area contributed by atoms with Gasteiger partial charge < -0.3 is 0 Å². The van der Waals surface area contributed by atoms with Crippen LogP contribution in [0.3, 0.4) is 0 Å². The molecule has 1 unspecified atom stereocenters. The van der Waals surface area contributed by atoms with E-state index in [0.29, 0.717) is 0 Å². The van der Waals surface area contributed by atoms with Crippen molar-refractivity contribution in [3.8, 4) is 0 Å². The first-order valence-electron chi connectivity index (χ1n) is 6.10. The van der Waals surface area contributed by atoms with Crippen molar-refractivity contribution in [2.45, 2.75) is 17.9 Å². The topological polar surface area (TPSA) is 38.0 Å². The molecule has 0 bridgehead atoms. The van der Waals surface area contributed by atoms with Crippen LogP contribution >= 0.6 is 11.8 Å². The van der Waals surface area contributed by atoms with Crippen LogP contribution in [-0.4, -0.2) is 5.75 Å². The van der Waals surface area contributed by atoms with Crippen LogP contribution < -0.4 is 11.3 Å². The normalized spacial score (nSPS) is 12.4. The molecule has 19 heavy (non-hydrogen) atoms. The second-order valence-electron chi connectivity index (χ2n) is 4.40. The van der Waals surface area contributed by atoms with Gasteiger partial charge in [0.2, 0.25) is 0 Å². The molecule has 0 amide bonds. The molecule has 0 fully saturated rings. The molecule has 0 spiro atoms. The van der Waals surface area contributed by atoms with Crippen LogP contribution in [0.25, 0.3) is 0 Å². The zero-order chi connectivity index (χ0) is 13.7. The van der Waals surface area contributed by atoms with E-state index in [9.17, 15) is 4.39 Å². The third kappa shape index (κ3) is 4.06. The van der Waals surface area contributed by atoms with Crippen LogP contribution in [-0.2, 0) is 0 Å². The summed E-state index contributed by atoms with van der Waals surface area (Å²) >= 11 is 1.73. The number of benzene rings is 2. The van der Waals surface area contributed by atoms with E-state index in [2.05, 4.69) is 30.5 Å². The van der Waals surface area contributed by atoms with Crippen LogP contribution in [0.4, 0.5) is 4.39 Å². The second-order valence-corrected chi connectivity index (χ2v) is 5.49. The van der Waals surface area contributed by atoms with E-state index in [-0.39, 0.29) is 11.9 Å². The number of hydrogen-bond acceptors (Lipinski definition) is 3. The predicted molar refractivity (Wildman–Crippen MR) is 78.4 cm³/mol. The molecule has 4 heteroatoms. The zero-order valence-corrected chi connectivity index (χ0v) is 11.6. The van der Waals surface area contributed by atoms with Gasteiger partial charge in [-0.25, -0.2) is 4.39 Å². The maximum absolute atomic E-state index is 12.9. The van der Waals surface area contributed by atoms with Gasteiger partial charge in [0.05, 0.1) is 6.04 Å². The smallest absolute Gasteiger partial charge is 0.123 e. The molecule has 0 saturated carbocycles. The Morgan fingerprint density at radius 3 is 2.58 bits per heavy atom. The molecule has 0 aromatic heterocycles. The first kappa shape index (κ1) is 14.1. The lowest BCUT2D eigenvalue weighted by Crippen LogP contribution is -2.29. The minimum Gasteiger partial charge on any atom is -0.271 e. The Labute approximate surface area is 117 Å². The number of hydrogen-bond donors (Lipinski definition) is 2. The molecule has 2 aromatic rings. The van der Waals surface area contributed by atoms with Gasteiger partial charge >= 0.3 is 0 Å². The Morgan fingerprint density at radius 1 is 1.21 bits per heavy atom. The van der Waals surface area contributed by atoms with Crippen molar-refractivity contribution in [2.75, 3.05) is 5.75 Å². The van der Waals surface area contributed by atoms with Crippen molar-refractivity contribution >= 4 is 11.8 Å². The van der Waals surface area contributed by atoms with Gasteiger partial charge in [-0.1, -0.05) is 29.8 Å². The Morgan fingerprint density at radius 2 is 1.95 bits per heavy atom. The van der Waals surface area contributed by atoms with E-state index in [4.69, 9.17) is 5.84 Å². The Balaban J connectivity index is 2.01. The number of nitrogens with one attached hydrogen (secondary N) is 1. The SMILES string of the molecule is Cc1cccc(SCC(NN)c2ccc(F)cc2)c1. The van der Waals surface area contributed by atoms with E-state index < -0.39 is 0 Å². The quantitative estimate of drug-likeness (QED) is 0.499. The fourth-order valence-electron chi connectivity index (χ4n) is 1.82. The lowest BCUT2D eigenvalue weighted by atomic mass is 10.1. The Kier molecular flexibility index (Phi) is 4.96. The molecule has 0 aliphatic carbocycles. The average molecular weight is 276 g/mol. The highest BCUT2D eigenvalue weighted by molar-refractivity contribution is 7.99. The highest BCUT2D eigenvalue weighted by Gasteiger charge is 2.10. The highest BCUT2D eigenvalue weighted by atomic mass is 32.2. The van der Waals surface area contributed by atoms with Gasteiger partial charge in [-0.2, -0.15) is 0 Å². The van der Waals surface area contributed by atoms with E-state index in [1.165, 1.54) is 22.6 Å². The van der Waals surface area contributed by atoms with Crippen molar-refractivity contribution in [3.63, 3.8) is 0 Å². The molecule has 2 rings (SSSR count). The molecule has 1 atom stereocenters. The molecule has 3 N–H and O–H groups in total. The second kappa shape index (κ2) is 6.70. The van der Waals surface area contributed by atoms with Gasteiger partial charge in [-0.05, 0) is 36.8 Å². The van der Waals surface area contributed by atoms with Gasteiger partial charge in [0, 0.05) is 10.6 Å². The molecular weight excluding hydrogens is 259 g/mol. The number of halogens is 1. The monoisotopic (exact) mass is 276 g/mol. The number of hydrazine groups is 1. The van der Waals surface area contributed by atoms with Crippen molar-refractivity contribution in [2.24, 2.45) is 5.84 Å². The van der Waals surface area contributed by atoms with Crippen molar-refractivity contribution in [1.82, 2.24) is 5.43 Å². The van der Waals surface area contributed by atoms with Crippen molar-refractivity contribution < 1.29 is 4.39 Å². The maximum atomic E-state index is 12.9. The summed E-state index contributed by atoms with van der Waals surface area (Å²) in [6.45, 7) is 2.07. The number of aryl methyl sites for hydroxylation is 1. The molecule has 2 nitrogen and oxygen atoms in total. The molecular formula is C15H17FN2S. The zero-order valence-electron chi connectivity index (χ0n) is 10.8. The Bertz CT molecular complexity index is 528. The number of rotatable bonds is 5. The summed E-state index contributed by atoms with van der Waals surface area (Å²) in [5.41, 5.74) is 5.01. The third-order valence-corrected chi connectivity index (χ3v) is 3.97. The molecule has 2 aromatic carbocycles.